The third-order valence-corrected chi connectivity index (χ3v) is 4.56. The zero-order valence-electron chi connectivity index (χ0n) is 13.9. The first-order valence-corrected chi connectivity index (χ1v) is 8.22. The quantitative estimate of drug-likeness (QED) is 0.841. The topological polar surface area (TPSA) is 66.8 Å². The maximum Gasteiger partial charge on any atom is 0.225 e. The van der Waals surface area contributed by atoms with Crippen molar-refractivity contribution >= 4 is 11.7 Å². The van der Waals surface area contributed by atoms with Gasteiger partial charge in [-0.05, 0) is 43.5 Å². The number of benzene rings is 1. The van der Waals surface area contributed by atoms with Crippen LogP contribution in [0.3, 0.4) is 0 Å². The number of Topliss-reactive ketones (excluding diaryl/α,β-unsaturated/α-hetero) is 1. The van der Waals surface area contributed by atoms with Gasteiger partial charge >= 0.3 is 0 Å². The number of halogens is 1. The predicted molar refractivity (Wildman–Crippen MR) is 84.6 cm³/mol. The fourth-order valence-electron chi connectivity index (χ4n) is 3.58. The smallest absolute Gasteiger partial charge is 0.225 e. The molecule has 1 fully saturated rings. The summed E-state index contributed by atoms with van der Waals surface area (Å²) >= 11 is 0. The van der Waals surface area contributed by atoms with Crippen molar-refractivity contribution in [1.82, 2.24) is 4.90 Å². The highest BCUT2D eigenvalue weighted by Gasteiger charge is 2.36. The van der Waals surface area contributed by atoms with Crippen molar-refractivity contribution in [2.24, 2.45) is 0 Å². The van der Waals surface area contributed by atoms with E-state index in [2.05, 4.69) is 0 Å². The number of carbonyl (C=O) groups excluding carboxylic acids is 2. The largest absolute Gasteiger partial charge is 0.366 e. The summed E-state index contributed by atoms with van der Waals surface area (Å²) in [7, 11) is 0. The number of ether oxygens (including phenoxy) is 1. The monoisotopic (exact) mass is 335 g/mol. The Morgan fingerprint density at radius 1 is 1.29 bits per heavy atom. The number of hydrogen-bond donors (Lipinski definition) is 1. The van der Waals surface area contributed by atoms with Crippen molar-refractivity contribution in [1.29, 1.82) is 0 Å². The van der Waals surface area contributed by atoms with E-state index < -0.39 is 11.9 Å². The Kier molecular flexibility index (Phi) is 4.44. The van der Waals surface area contributed by atoms with Gasteiger partial charge in [0.05, 0.1) is 12.5 Å². The van der Waals surface area contributed by atoms with E-state index in [-0.39, 0.29) is 36.3 Å². The van der Waals surface area contributed by atoms with Gasteiger partial charge in [0.15, 0.2) is 5.79 Å². The van der Waals surface area contributed by atoms with Gasteiger partial charge in [0.25, 0.3) is 0 Å². The summed E-state index contributed by atoms with van der Waals surface area (Å²) in [5.74, 6) is -2.33. The number of ketones is 1. The molecule has 0 aliphatic carbocycles. The van der Waals surface area contributed by atoms with Gasteiger partial charge in [-0.2, -0.15) is 0 Å². The van der Waals surface area contributed by atoms with Crippen molar-refractivity contribution in [2.45, 2.75) is 57.5 Å². The molecule has 2 heterocycles. The average molecular weight is 335 g/mol. The van der Waals surface area contributed by atoms with Gasteiger partial charge < -0.3 is 14.7 Å². The lowest BCUT2D eigenvalue weighted by Gasteiger charge is -2.28. The number of rotatable bonds is 2. The first-order chi connectivity index (χ1) is 11.2. The third kappa shape index (κ3) is 3.65. The van der Waals surface area contributed by atoms with Gasteiger partial charge in [-0.15, -0.1) is 0 Å². The lowest BCUT2D eigenvalue weighted by Crippen LogP contribution is -2.37. The zero-order chi connectivity index (χ0) is 17.5. The maximum absolute atomic E-state index is 13.6. The Hall–Kier alpha value is -1.79. The third-order valence-electron chi connectivity index (χ3n) is 4.56. The Morgan fingerprint density at radius 3 is 2.75 bits per heavy atom. The number of amides is 1. The van der Waals surface area contributed by atoms with Crippen LogP contribution in [0.2, 0.25) is 0 Å². The van der Waals surface area contributed by atoms with E-state index in [0.29, 0.717) is 25.1 Å². The van der Waals surface area contributed by atoms with E-state index in [1.807, 2.05) is 0 Å². The molecule has 2 atom stereocenters. The fraction of sp³-hybridized carbons (Fsp3) is 0.556. The lowest BCUT2D eigenvalue weighted by molar-refractivity contribution is -0.208. The molecule has 0 saturated carbocycles. The summed E-state index contributed by atoms with van der Waals surface area (Å²) in [6.45, 7) is 3.72. The second-order valence-electron chi connectivity index (χ2n) is 7.06. The number of nitrogens with zero attached hydrogens (tertiary/aromatic N) is 1. The molecule has 1 saturated heterocycles. The summed E-state index contributed by atoms with van der Waals surface area (Å²) in [5.41, 5.74) is 1.49. The molecule has 3 rings (SSSR count). The minimum absolute atomic E-state index is 0.0336. The Balaban J connectivity index is 1.97. The minimum atomic E-state index is -1.41. The van der Waals surface area contributed by atoms with Crippen LogP contribution in [0.15, 0.2) is 18.2 Å². The van der Waals surface area contributed by atoms with Gasteiger partial charge in [-0.3, -0.25) is 9.59 Å². The van der Waals surface area contributed by atoms with Crippen molar-refractivity contribution in [3.05, 3.63) is 35.1 Å². The lowest BCUT2D eigenvalue weighted by atomic mass is 9.86. The SMILES string of the molecule is CC(C)(O)OC1CC(=O)C2CCN(Cc3cc(F)ccc32)C(=O)C1. The van der Waals surface area contributed by atoms with E-state index in [4.69, 9.17) is 4.74 Å². The molecule has 2 unspecified atom stereocenters. The van der Waals surface area contributed by atoms with E-state index in [1.54, 1.807) is 11.0 Å². The first-order valence-electron chi connectivity index (χ1n) is 8.22. The van der Waals surface area contributed by atoms with Gasteiger partial charge in [-0.1, -0.05) is 6.07 Å². The van der Waals surface area contributed by atoms with Crippen LogP contribution >= 0.6 is 0 Å². The molecule has 6 heteroatoms. The van der Waals surface area contributed by atoms with Crippen molar-refractivity contribution < 1.29 is 23.8 Å². The van der Waals surface area contributed by atoms with Crippen LogP contribution in [0.4, 0.5) is 4.39 Å². The number of aliphatic hydroxyl groups is 1. The first kappa shape index (κ1) is 17.0. The second kappa shape index (κ2) is 6.26. The molecule has 1 aromatic rings. The summed E-state index contributed by atoms with van der Waals surface area (Å²) in [5, 5.41) is 9.87. The minimum Gasteiger partial charge on any atom is -0.366 e. The molecule has 5 nitrogen and oxygen atoms in total. The van der Waals surface area contributed by atoms with E-state index >= 15 is 0 Å². The summed E-state index contributed by atoms with van der Waals surface area (Å²) in [6.07, 6.45) is -0.0357. The predicted octanol–water partition coefficient (Wildman–Crippen LogP) is 2.12. The van der Waals surface area contributed by atoms with Gasteiger partial charge in [0.2, 0.25) is 5.91 Å². The number of carbonyl (C=O) groups is 2. The highest BCUT2D eigenvalue weighted by molar-refractivity contribution is 5.88. The van der Waals surface area contributed by atoms with Crippen LogP contribution in [-0.4, -0.2) is 40.1 Å². The van der Waals surface area contributed by atoms with E-state index in [1.165, 1.54) is 26.0 Å². The summed E-state index contributed by atoms with van der Waals surface area (Å²) in [6, 6.07) is 4.41. The van der Waals surface area contributed by atoms with Crippen molar-refractivity contribution in [3.63, 3.8) is 0 Å². The normalized spacial score (nSPS) is 24.9. The van der Waals surface area contributed by atoms with Crippen LogP contribution in [0.5, 0.6) is 0 Å². The second-order valence-corrected chi connectivity index (χ2v) is 7.06. The maximum atomic E-state index is 13.6. The van der Waals surface area contributed by atoms with Crippen LogP contribution in [-0.2, 0) is 20.9 Å². The highest BCUT2D eigenvalue weighted by Crippen LogP contribution is 2.34. The number of hydrogen-bond acceptors (Lipinski definition) is 4. The van der Waals surface area contributed by atoms with Crippen LogP contribution in [0.1, 0.15) is 50.2 Å². The molecule has 2 bridgehead atoms. The molecule has 0 aromatic heterocycles. The van der Waals surface area contributed by atoms with Gasteiger partial charge in [0, 0.05) is 25.4 Å². The molecule has 1 N–H and O–H groups in total. The standard InChI is InChI=1S/C18H22FNO4/c1-18(2,23)24-13-8-16(21)15-5-6-20(17(22)9-13)10-11-7-12(19)3-4-14(11)15/h3-4,7,13,15,23H,5-6,8-10H2,1-2H3. The molecular formula is C18H22FNO4. The highest BCUT2D eigenvalue weighted by atomic mass is 19.1. The summed E-state index contributed by atoms with van der Waals surface area (Å²) in [4.78, 5) is 27.0. The summed E-state index contributed by atoms with van der Waals surface area (Å²) < 4.78 is 19.1. The van der Waals surface area contributed by atoms with Crippen LogP contribution in [0.25, 0.3) is 0 Å². The molecule has 2 aliphatic heterocycles. The molecule has 1 aromatic carbocycles. The fourth-order valence-corrected chi connectivity index (χ4v) is 3.58. The van der Waals surface area contributed by atoms with Crippen molar-refractivity contribution in [3.8, 4) is 0 Å². The molecule has 0 spiro atoms. The van der Waals surface area contributed by atoms with Crippen molar-refractivity contribution in [2.75, 3.05) is 6.54 Å². The Morgan fingerprint density at radius 2 is 2.04 bits per heavy atom. The Bertz CT molecular complexity index is 667. The molecule has 1 amide bonds. The van der Waals surface area contributed by atoms with Gasteiger partial charge in [0.1, 0.15) is 11.6 Å². The molecule has 24 heavy (non-hydrogen) atoms. The number of fused-ring (bicyclic) bond motifs is 5. The molecule has 2 aliphatic rings. The van der Waals surface area contributed by atoms with E-state index in [9.17, 15) is 19.1 Å². The zero-order valence-corrected chi connectivity index (χ0v) is 13.9. The van der Waals surface area contributed by atoms with Crippen LogP contribution in [0, 0.1) is 5.82 Å². The molecule has 0 radical (unpaired) electrons. The Labute approximate surface area is 140 Å². The van der Waals surface area contributed by atoms with Crippen LogP contribution < -0.4 is 0 Å². The van der Waals surface area contributed by atoms with E-state index in [0.717, 1.165) is 5.56 Å². The average Bonchev–Trinajstić information content (AvgIpc) is 2.61. The van der Waals surface area contributed by atoms with Gasteiger partial charge in [-0.25, -0.2) is 4.39 Å². The molecule has 130 valence electrons. The molecular weight excluding hydrogens is 313 g/mol.